The van der Waals surface area contributed by atoms with Crippen molar-refractivity contribution in [3.63, 3.8) is 0 Å². The van der Waals surface area contributed by atoms with Gasteiger partial charge in [0.25, 0.3) is 0 Å². The highest BCUT2D eigenvalue weighted by atomic mass is 33.1. The Hall–Kier alpha value is -0.330. The molecule has 16 heavy (non-hydrogen) atoms. The molecule has 1 aromatic heterocycles. The Morgan fingerprint density at radius 1 is 1.50 bits per heavy atom. The first kappa shape index (κ1) is 13.7. The number of pyridine rings is 1. The zero-order valence-corrected chi connectivity index (χ0v) is 11.5. The van der Waals surface area contributed by atoms with E-state index in [1.165, 1.54) is 0 Å². The minimum absolute atomic E-state index is 0.114. The van der Waals surface area contributed by atoms with Crippen LogP contribution in [0, 0.1) is 0 Å². The van der Waals surface area contributed by atoms with E-state index < -0.39 is 0 Å². The van der Waals surface area contributed by atoms with Crippen LogP contribution in [0.2, 0.25) is 0 Å². The lowest BCUT2D eigenvalue weighted by molar-refractivity contribution is -0.120. The van der Waals surface area contributed by atoms with E-state index in [0.717, 1.165) is 10.8 Å². The van der Waals surface area contributed by atoms with Crippen molar-refractivity contribution in [3.8, 4) is 0 Å². The second kappa shape index (κ2) is 8.78. The molecule has 1 amide bonds. The quantitative estimate of drug-likeness (QED) is 0.470. The second-order valence-corrected chi connectivity index (χ2v) is 6.16. The van der Waals surface area contributed by atoms with Crippen molar-refractivity contribution in [2.75, 3.05) is 17.9 Å². The highest BCUT2D eigenvalue weighted by molar-refractivity contribution is 8.76. The summed E-state index contributed by atoms with van der Waals surface area (Å²) in [5.41, 5.74) is 0. The van der Waals surface area contributed by atoms with Crippen LogP contribution in [-0.4, -0.2) is 28.8 Å². The van der Waals surface area contributed by atoms with Crippen LogP contribution < -0.4 is 5.32 Å². The summed E-state index contributed by atoms with van der Waals surface area (Å²) in [6, 6.07) is 5.82. The molecule has 0 saturated heterocycles. The number of aromatic nitrogens is 1. The molecule has 6 heteroatoms. The maximum absolute atomic E-state index is 11.3. The molecule has 0 unspecified atom stereocenters. The minimum Gasteiger partial charge on any atom is -0.347 e. The zero-order valence-electron chi connectivity index (χ0n) is 9.01. The van der Waals surface area contributed by atoms with Crippen molar-refractivity contribution >= 4 is 39.3 Å². The van der Waals surface area contributed by atoms with E-state index >= 15 is 0 Å². The molecule has 0 atom stereocenters. The Morgan fingerprint density at radius 2 is 2.38 bits per heavy atom. The fraction of sp³-hybridized carbons (Fsp3) is 0.400. The molecule has 0 bridgehead atoms. The van der Waals surface area contributed by atoms with E-state index in [1.54, 1.807) is 39.5 Å². The monoisotopic (exact) mass is 274 g/mol. The molecule has 1 aromatic rings. The van der Waals surface area contributed by atoms with Gasteiger partial charge >= 0.3 is 0 Å². The highest BCUT2D eigenvalue weighted by Gasteiger charge is 2.01. The van der Waals surface area contributed by atoms with E-state index in [9.17, 15) is 4.79 Å². The summed E-state index contributed by atoms with van der Waals surface area (Å²) in [4.78, 5) is 15.4. The molecule has 88 valence electrons. The third-order valence-corrected chi connectivity index (χ3v) is 4.31. The fourth-order valence-electron chi connectivity index (χ4n) is 0.874. The third-order valence-electron chi connectivity index (χ3n) is 1.61. The largest absolute Gasteiger partial charge is 0.347 e. The molecule has 3 nitrogen and oxygen atoms in total. The number of nitrogens with zero attached hydrogens (tertiary/aromatic N) is 1. The number of nitrogens with one attached hydrogen (secondary N) is 1. The molecular formula is C10H14N2OS3. The third kappa shape index (κ3) is 6.30. The molecule has 0 aromatic carbocycles. The van der Waals surface area contributed by atoms with Crippen LogP contribution in [0.25, 0.3) is 0 Å². The van der Waals surface area contributed by atoms with E-state index in [1.807, 2.05) is 24.5 Å². The number of amides is 1. The second-order valence-electron chi connectivity index (χ2n) is 2.86. The summed E-state index contributed by atoms with van der Waals surface area (Å²) in [6.07, 6.45) is 4.30. The van der Waals surface area contributed by atoms with Gasteiger partial charge in [-0.2, -0.15) is 0 Å². The smallest absolute Gasteiger partial charge is 0.221 e. The normalized spacial score (nSPS) is 10.1. The lowest BCUT2D eigenvalue weighted by atomic mass is 10.5. The summed E-state index contributed by atoms with van der Waals surface area (Å²) in [7, 11) is 3.26. The number of carbonyl (C=O) groups is 1. The topological polar surface area (TPSA) is 42.0 Å². The lowest BCUT2D eigenvalue weighted by Crippen LogP contribution is -2.22. The number of thioether (sulfide) groups is 1. The number of hydrogen-bond acceptors (Lipinski definition) is 5. The van der Waals surface area contributed by atoms with E-state index in [4.69, 9.17) is 0 Å². The summed E-state index contributed by atoms with van der Waals surface area (Å²) in [5, 5.41) is 3.80. The number of carbonyl (C=O) groups excluding carboxylic acids is 1. The van der Waals surface area contributed by atoms with Crippen molar-refractivity contribution in [3.05, 3.63) is 24.4 Å². The van der Waals surface area contributed by atoms with Crippen molar-refractivity contribution in [2.24, 2.45) is 0 Å². The molecule has 1 heterocycles. The Balaban J connectivity index is 2.06. The average molecular weight is 274 g/mol. The van der Waals surface area contributed by atoms with Gasteiger partial charge in [0.2, 0.25) is 5.91 Å². The molecule has 0 aliphatic heterocycles. The van der Waals surface area contributed by atoms with Crippen LogP contribution in [0.4, 0.5) is 0 Å². The molecule has 0 aliphatic rings. The summed E-state index contributed by atoms with van der Waals surface area (Å²) in [6.45, 7) is 0. The van der Waals surface area contributed by atoms with Gasteiger partial charge in [-0.25, -0.2) is 4.98 Å². The molecular weight excluding hydrogens is 260 g/mol. The Morgan fingerprint density at radius 3 is 3.06 bits per heavy atom. The van der Waals surface area contributed by atoms with Crippen molar-refractivity contribution in [2.45, 2.75) is 11.4 Å². The van der Waals surface area contributed by atoms with E-state index in [-0.39, 0.29) is 5.91 Å². The van der Waals surface area contributed by atoms with Crippen LogP contribution in [-0.2, 0) is 4.79 Å². The Kier molecular flexibility index (Phi) is 7.54. The zero-order chi connectivity index (χ0) is 11.6. The van der Waals surface area contributed by atoms with Gasteiger partial charge in [-0.3, -0.25) is 4.79 Å². The van der Waals surface area contributed by atoms with Crippen LogP contribution in [0.15, 0.2) is 29.4 Å². The molecule has 1 rings (SSSR count). The molecule has 0 spiro atoms. The first-order valence-corrected chi connectivity index (χ1v) is 8.50. The summed E-state index contributed by atoms with van der Waals surface area (Å²) < 4.78 is 0. The van der Waals surface area contributed by atoms with Crippen molar-refractivity contribution in [1.29, 1.82) is 0 Å². The van der Waals surface area contributed by atoms with Gasteiger partial charge in [0.05, 0.1) is 5.88 Å². The van der Waals surface area contributed by atoms with Gasteiger partial charge in [-0.15, -0.1) is 11.8 Å². The molecule has 0 saturated carbocycles. The van der Waals surface area contributed by atoms with Crippen LogP contribution in [0.1, 0.15) is 6.42 Å². The van der Waals surface area contributed by atoms with Gasteiger partial charge < -0.3 is 5.32 Å². The first-order chi connectivity index (χ1) is 7.83. The van der Waals surface area contributed by atoms with Gasteiger partial charge in [0, 0.05) is 18.4 Å². The van der Waals surface area contributed by atoms with E-state index in [2.05, 4.69) is 10.3 Å². The Bertz CT molecular complexity index is 308. The van der Waals surface area contributed by atoms with Crippen molar-refractivity contribution < 1.29 is 4.79 Å². The van der Waals surface area contributed by atoms with Gasteiger partial charge in [-0.05, 0) is 29.2 Å². The first-order valence-electron chi connectivity index (χ1n) is 4.79. The molecule has 0 radical (unpaired) electrons. The minimum atomic E-state index is 0.114. The van der Waals surface area contributed by atoms with Gasteiger partial charge in [0.15, 0.2) is 0 Å². The highest BCUT2D eigenvalue weighted by Crippen LogP contribution is 2.29. The van der Waals surface area contributed by atoms with Crippen LogP contribution in [0.3, 0.4) is 0 Å². The summed E-state index contributed by atoms with van der Waals surface area (Å²) in [5.74, 6) is 1.61. The molecule has 0 aliphatic carbocycles. The average Bonchev–Trinajstić information content (AvgIpc) is 2.33. The summed E-state index contributed by atoms with van der Waals surface area (Å²) >= 11 is 1.61. The lowest BCUT2D eigenvalue weighted by Gasteiger charge is -2.02. The van der Waals surface area contributed by atoms with Gasteiger partial charge in [0.1, 0.15) is 5.03 Å². The predicted molar refractivity (Wildman–Crippen MR) is 73.7 cm³/mol. The standard InChI is InChI=1S/C10H14N2OS3/c1-14-8-12-9(13)5-7-15-16-10-4-2-3-6-11-10/h2-4,6H,5,7-8H2,1H3,(H,12,13). The van der Waals surface area contributed by atoms with Crippen LogP contribution >= 0.6 is 33.3 Å². The maximum Gasteiger partial charge on any atom is 0.221 e. The van der Waals surface area contributed by atoms with Gasteiger partial charge in [-0.1, -0.05) is 16.9 Å². The maximum atomic E-state index is 11.3. The predicted octanol–water partition coefficient (Wildman–Crippen LogP) is 2.65. The number of rotatable bonds is 7. The van der Waals surface area contributed by atoms with Crippen LogP contribution in [0.5, 0.6) is 0 Å². The Labute approximate surface area is 108 Å². The molecule has 1 N–H and O–H groups in total. The van der Waals surface area contributed by atoms with Crippen molar-refractivity contribution in [1.82, 2.24) is 10.3 Å². The number of hydrogen-bond donors (Lipinski definition) is 1. The molecule has 0 fully saturated rings. The fourth-order valence-corrected chi connectivity index (χ4v) is 3.05. The SMILES string of the molecule is CSCNC(=O)CCSSc1ccccn1. The van der Waals surface area contributed by atoms with E-state index in [0.29, 0.717) is 12.3 Å².